The number of nitrogens with zero attached hydrogens (tertiary/aromatic N) is 2. The Hall–Kier alpha value is -1.19. The third kappa shape index (κ3) is 3.83. The Morgan fingerprint density at radius 2 is 2.38 bits per heavy atom. The number of Topliss-reactive ketones (excluding diaryl/α,β-unsaturated/α-hetero) is 1. The number of unbranched alkanes of at least 4 members (excludes halogenated alkanes) is 1. The monoisotopic (exact) mass is 181 g/mol. The van der Waals surface area contributed by atoms with Crippen molar-refractivity contribution in [1.82, 2.24) is 15.2 Å². The largest absolute Gasteiger partial charge is 0.300 e. The van der Waals surface area contributed by atoms with Crippen LogP contribution in [-0.2, 0) is 11.2 Å². The van der Waals surface area contributed by atoms with Crippen molar-refractivity contribution in [2.24, 2.45) is 0 Å². The van der Waals surface area contributed by atoms with Gasteiger partial charge in [-0.25, -0.2) is 4.98 Å². The molecule has 0 amide bonds. The molecule has 0 fully saturated rings. The summed E-state index contributed by atoms with van der Waals surface area (Å²) in [6.07, 6.45) is 5.70. The second-order valence-corrected chi connectivity index (χ2v) is 3.03. The number of H-pyrrole nitrogens is 1. The Balaban J connectivity index is 2.05. The molecule has 4 nitrogen and oxygen atoms in total. The van der Waals surface area contributed by atoms with Crippen LogP contribution in [0.1, 0.15) is 38.4 Å². The van der Waals surface area contributed by atoms with Crippen LogP contribution in [0, 0.1) is 0 Å². The summed E-state index contributed by atoms with van der Waals surface area (Å²) in [4.78, 5) is 14.9. The van der Waals surface area contributed by atoms with E-state index < -0.39 is 0 Å². The highest BCUT2D eigenvalue weighted by Crippen LogP contribution is 2.02. The fourth-order valence-electron chi connectivity index (χ4n) is 1.14. The molecule has 0 atom stereocenters. The van der Waals surface area contributed by atoms with Gasteiger partial charge in [-0.15, -0.1) is 0 Å². The zero-order valence-electron chi connectivity index (χ0n) is 7.92. The van der Waals surface area contributed by atoms with E-state index in [-0.39, 0.29) is 0 Å². The molecule has 0 spiro atoms. The lowest BCUT2D eigenvalue weighted by Crippen LogP contribution is -1.96. The predicted octanol–water partition coefficient (Wildman–Crippen LogP) is 1.50. The molecule has 0 aliphatic rings. The first kappa shape index (κ1) is 9.89. The molecule has 1 aromatic heterocycles. The molecule has 1 N–H and O–H groups in total. The number of hydrogen-bond acceptors (Lipinski definition) is 3. The lowest BCUT2D eigenvalue weighted by atomic mass is 10.1. The van der Waals surface area contributed by atoms with Gasteiger partial charge in [0.1, 0.15) is 17.9 Å². The molecule has 4 heteroatoms. The van der Waals surface area contributed by atoms with Crippen molar-refractivity contribution in [1.29, 1.82) is 0 Å². The molecule has 0 bridgehead atoms. The van der Waals surface area contributed by atoms with Crippen LogP contribution in [0.3, 0.4) is 0 Å². The zero-order chi connectivity index (χ0) is 9.52. The minimum absolute atomic E-state index is 0.345. The third-order valence-electron chi connectivity index (χ3n) is 1.98. The van der Waals surface area contributed by atoms with Gasteiger partial charge >= 0.3 is 0 Å². The number of carbonyl (C=O) groups is 1. The van der Waals surface area contributed by atoms with Gasteiger partial charge in [-0.1, -0.05) is 6.92 Å². The first-order valence-corrected chi connectivity index (χ1v) is 4.69. The van der Waals surface area contributed by atoms with Gasteiger partial charge in [-0.05, 0) is 12.8 Å². The van der Waals surface area contributed by atoms with Crippen LogP contribution in [-0.4, -0.2) is 21.0 Å². The minimum Gasteiger partial charge on any atom is -0.300 e. The number of rotatable bonds is 6. The quantitative estimate of drug-likeness (QED) is 0.676. The maximum atomic E-state index is 10.9. The molecule has 0 aliphatic heterocycles. The number of ketones is 1. The summed E-state index contributed by atoms with van der Waals surface area (Å²) >= 11 is 0. The molecular weight excluding hydrogens is 166 g/mol. The van der Waals surface area contributed by atoms with E-state index in [4.69, 9.17) is 0 Å². The molecule has 0 radical (unpaired) electrons. The van der Waals surface area contributed by atoms with Crippen LogP contribution in [0.2, 0.25) is 0 Å². The van der Waals surface area contributed by atoms with Crippen LogP contribution in [0.25, 0.3) is 0 Å². The highest BCUT2D eigenvalue weighted by molar-refractivity contribution is 5.77. The predicted molar refractivity (Wildman–Crippen MR) is 49.2 cm³/mol. The molecule has 1 rings (SSSR count). The number of aromatic amines is 1. The van der Waals surface area contributed by atoms with E-state index in [0.29, 0.717) is 18.6 Å². The summed E-state index contributed by atoms with van der Waals surface area (Å²) < 4.78 is 0. The van der Waals surface area contributed by atoms with E-state index in [2.05, 4.69) is 15.2 Å². The number of nitrogens with one attached hydrogen (secondary N) is 1. The van der Waals surface area contributed by atoms with E-state index in [0.717, 1.165) is 25.1 Å². The summed E-state index contributed by atoms with van der Waals surface area (Å²) in [6.45, 7) is 1.90. The maximum Gasteiger partial charge on any atom is 0.137 e. The van der Waals surface area contributed by atoms with Crippen LogP contribution < -0.4 is 0 Å². The van der Waals surface area contributed by atoms with Crippen molar-refractivity contribution in [2.45, 2.75) is 39.0 Å². The van der Waals surface area contributed by atoms with E-state index >= 15 is 0 Å². The van der Waals surface area contributed by atoms with Crippen LogP contribution in [0.15, 0.2) is 6.33 Å². The van der Waals surface area contributed by atoms with Crippen molar-refractivity contribution in [2.75, 3.05) is 0 Å². The van der Waals surface area contributed by atoms with Gasteiger partial charge in [0.15, 0.2) is 0 Å². The molecular formula is C9H15N3O. The number of carbonyl (C=O) groups excluding carboxylic acids is 1. The lowest BCUT2D eigenvalue weighted by Gasteiger charge is -1.96. The lowest BCUT2D eigenvalue weighted by molar-refractivity contribution is -0.118. The summed E-state index contributed by atoms with van der Waals surface area (Å²) in [7, 11) is 0. The molecule has 13 heavy (non-hydrogen) atoms. The Labute approximate surface area is 77.8 Å². The highest BCUT2D eigenvalue weighted by atomic mass is 16.1. The summed E-state index contributed by atoms with van der Waals surface area (Å²) in [6, 6.07) is 0. The molecule has 0 aliphatic carbocycles. The van der Waals surface area contributed by atoms with Crippen LogP contribution in [0.5, 0.6) is 0 Å². The van der Waals surface area contributed by atoms with Gasteiger partial charge in [-0.3, -0.25) is 9.89 Å². The Bertz CT molecular complexity index is 243. The van der Waals surface area contributed by atoms with Gasteiger partial charge in [0.25, 0.3) is 0 Å². The smallest absolute Gasteiger partial charge is 0.137 e. The SMILES string of the molecule is CCC(=O)CCCCc1ncn[nH]1. The van der Waals surface area contributed by atoms with E-state index in [9.17, 15) is 4.79 Å². The van der Waals surface area contributed by atoms with Crippen molar-refractivity contribution in [3.8, 4) is 0 Å². The second-order valence-electron chi connectivity index (χ2n) is 3.03. The molecule has 0 aromatic carbocycles. The first-order valence-electron chi connectivity index (χ1n) is 4.69. The summed E-state index contributed by atoms with van der Waals surface area (Å²) in [5.74, 6) is 1.25. The number of aromatic nitrogens is 3. The summed E-state index contributed by atoms with van der Waals surface area (Å²) in [5.41, 5.74) is 0. The fraction of sp³-hybridized carbons (Fsp3) is 0.667. The zero-order valence-corrected chi connectivity index (χ0v) is 7.92. The molecule has 72 valence electrons. The van der Waals surface area contributed by atoms with Crippen molar-refractivity contribution in [3.05, 3.63) is 12.2 Å². The topological polar surface area (TPSA) is 58.6 Å². The normalized spacial score (nSPS) is 10.2. The van der Waals surface area contributed by atoms with Gasteiger partial charge in [0.2, 0.25) is 0 Å². The number of hydrogen-bond donors (Lipinski definition) is 1. The van der Waals surface area contributed by atoms with Crippen molar-refractivity contribution < 1.29 is 4.79 Å². The molecule has 0 saturated heterocycles. The van der Waals surface area contributed by atoms with Gasteiger partial charge < -0.3 is 0 Å². The standard InChI is InChI=1S/C9H15N3O/c1-2-8(13)5-3-4-6-9-10-7-11-12-9/h7H,2-6H2,1H3,(H,10,11,12). The van der Waals surface area contributed by atoms with Gasteiger partial charge in [-0.2, -0.15) is 5.10 Å². The van der Waals surface area contributed by atoms with Crippen molar-refractivity contribution >= 4 is 5.78 Å². The number of aryl methyl sites for hydroxylation is 1. The fourth-order valence-corrected chi connectivity index (χ4v) is 1.14. The maximum absolute atomic E-state index is 10.9. The van der Waals surface area contributed by atoms with Crippen LogP contribution >= 0.6 is 0 Å². The highest BCUT2D eigenvalue weighted by Gasteiger charge is 1.99. The Morgan fingerprint density at radius 3 is 3.00 bits per heavy atom. The minimum atomic E-state index is 0.345. The molecule has 0 unspecified atom stereocenters. The molecule has 1 heterocycles. The van der Waals surface area contributed by atoms with E-state index in [1.807, 2.05) is 6.92 Å². The first-order chi connectivity index (χ1) is 6.33. The Kier molecular flexibility index (Phi) is 4.15. The van der Waals surface area contributed by atoms with Gasteiger partial charge in [0.05, 0.1) is 0 Å². The average molecular weight is 181 g/mol. The van der Waals surface area contributed by atoms with Crippen LogP contribution in [0.4, 0.5) is 0 Å². The average Bonchev–Trinajstić information content (AvgIpc) is 2.64. The van der Waals surface area contributed by atoms with Gasteiger partial charge in [0, 0.05) is 19.3 Å². The van der Waals surface area contributed by atoms with E-state index in [1.165, 1.54) is 6.33 Å². The third-order valence-corrected chi connectivity index (χ3v) is 1.98. The Morgan fingerprint density at radius 1 is 1.54 bits per heavy atom. The molecule has 1 aromatic rings. The second kappa shape index (κ2) is 5.45. The van der Waals surface area contributed by atoms with Crippen molar-refractivity contribution in [3.63, 3.8) is 0 Å². The van der Waals surface area contributed by atoms with E-state index in [1.54, 1.807) is 0 Å². The summed E-state index contributed by atoms with van der Waals surface area (Å²) in [5, 5.41) is 6.54. The molecule has 0 saturated carbocycles.